The summed E-state index contributed by atoms with van der Waals surface area (Å²) in [6.45, 7) is 9.50. The van der Waals surface area contributed by atoms with Crippen molar-refractivity contribution in [2.45, 2.75) is 59.2 Å². The number of hydrogen-bond acceptors (Lipinski definition) is 8. The van der Waals surface area contributed by atoms with E-state index >= 15 is 4.39 Å². The van der Waals surface area contributed by atoms with Gasteiger partial charge in [-0.3, -0.25) is 4.68 Å². The van der Waals surface area contributed by atoms with E-state index < -0.39 is 23.5 Å². The number of carboxylic acids is 1. The summed E-state index contributed by atoms with van der Waals surface area (Å²) in [6.07, 6.45) is 1.79. The van der Waals surface area contributed by atoms with E-state index in [1.807, 2.05) is 49.9 Å². The molecule has 0 spiro atoms. The van der Waals surface area contributed by atoms with Gasteiger partial charge in [0.25, 0.3) is 5.89 Å². The first-order chi connectivity index (χ1) is 22.3. The van der Waals surface area contributed by atoms with E-state index in [2.05, 4.69) is 15.3 Å². The fourth-order valence-electron chi connectivity index (χ4n) is 6.52. The Bertz CT molecular complexity index is 2220. The van der Waals surface area contributed by atoms with Gasteiger partial charge in [-0.2, -0.15) is 5.10 Å². The van der Waals surface area contributed by atoms with Crippen LogP contribution in [-0.4, -0.2) is 52.8 Å². The van der Waals surface area contributed by atoms with Crippen LogP contribution in [0.25, 0.3) is 56.1 Å². The Morgan fingerprint density at radius 2 is 1.87 bits per heavy atom. The zero-order valence-electron chi connectivity index (χ0n) is 27.3. The third-order valence-corrected chi connectivity index (χ3v) is 8.70. The molecule has 1 unspecified atom stereocenters. The molecule has 242 valence electrons. The molecule has 11 nitrogen and oxygen atoms in total. The molecule has 0 aliphatic carbocycles. The molecule has 0 saturated heterocycles. The van der Waals surface area contributed by atoms with E-state index in [-0.39, 0.29) is 11.6 Å². The zero-order valence-corrected chi connectivity index (χ0v) is 27.3. The number of hydrogen-bond donors (Lipinski definition) is 1. The molecule has 6 aromatic rings. The van der Waals surface area contributed by atoms with E-state index in [4.69, 9.17) is 18.9 Å². The SMILES string of the molecule is Cc1nc2c(cc(-c3nnc(-c4ccc5c(cnn5C)c4)o3)n2C)c(-c2cc(F)c3c(c2C)CCCO3)c1C(OC(C)(C)C)C(=O)O. The molecule has 1 N–H and O–H groups in total. The summed E-state index contributed by atoms with van der Waals surface area (Å²) in [6, 6.07) is 9.05. The van der Waals surface area contributed by atoms with Crippen LogP contribution in [0, 0.1) is 19.7 Å². The van der Waals surface area contributed by atoms with E-state index in [0.29, 0.717) is 58.0 Å². The first-order valence-corrected chi connectivity index (χ1v) is 15.4. The lowest BCUT2D eigenvalue weighted by Gasteiger charge is -2.29. The molecule has 12 heteroatoms. The lowest BCUT2D eigenvalue weighted by atomic mass is 9.86. The minimum atomic E-state index is -1.38. The number of aryl methyl sites for hydroxylation is 3. The van der Waals surface area contributed by atoms with Gasteiger partial charge in [-0.15, -0.1) is 10.2 Å². The number of halogens is 1. The van der Waals surface area contributed by atoms with Gasteiger partial charge in [0.05, 0.1) is 23.9 Å². The van der Waals surface area contributed by atoms with Gasteiger partial charge in [0.2, 0.25) is 5.89 Å². The van der Waals surface area contributed by atoms with E-state index in [1.54, 1.807) is 38.6 Å². The number of aromatic nitrogens is 6. The summed E-state index contributed by atoms with van der Waals surface area (Å²) in [5.74, 6) is -0.843. The van der Waals surface area contributed by atoms with Crippen LogP contribution < -0.4 is 4.74 Å². The van der Waals surface area contributed by atoms with Gasteiger partial charge in [0.15, 0.2) is 17.7 Å². The van der Waals surface area contributed by atoms with Crippen molar-refractivity contribution in [1.82, 2.24) is 29.5 Å². The van der Waals surface area contributed by atoms with Crippen molar-refractivity contribution in [2.24, 2.45) is 14.1 Å². The average molecular weight is 639 g/mol. The molecule has 1 aliphatic rings. The summed E-state index contributed by atoms with van der Waals surface area (Å²) >= 11 is 0. The van der Waals surface area contributed by atoms with E-state index in [1.165, 1.54) is 6.07 Å². The minimum Gasteiger partial charge on any atom is -0.490 e. The molecule has 4 aromatic heterocycles. The van der Waals surface area contributed by atoms with Crippen molar-refractivity contribution in [1.29, 1.82) is 0 Å². The van der Waals surface area contributed by atoms with Crippen LogP contribution in [0.5, 0.6) is 5.75 Å². The largest absolute Gasteiger partial charge is 0.490 e. The molecule has 5 heterocycles. The Hall–Kier alpha value is -5.10. The topological polar surface area (TPSA) is 130 Å². The Balaban J connectivity index is 1.46. The number of carboxylic acid groups (broad SMARTS) is 1. The lowest BCUT2D eigenvalue weighted by molar-refractivity contribution is -0.160. The van der Waals surface area contributed by atoms with Crippen LogP contribution in [0.3, 0.4) is 0 Å². The quantitative estimate of drug-likeness (QED) is 0.208. The van der Waals surface area contributed by atoms with Crippen LogP contribution in [0.4, 0.5) is 4.39 Å². The van der Waals surface area contributed by atoms with Crippen LogP contribution in [0.15, 0.2) is 40.9 Å². The minimum absolute atomic E-state index is 0.249. The molecule has 1 aliphatic heterocycles. The van der Waals surface area contributed by atoms with Gasteiger partial charge >= 0.3 is 5.97 Å². The molecule has 7 rings (SSSR count). The molecule has 0 fully saturated rings. The van der Waals surface area contributed by atoms with Gasteiger partial charge < -0.3 is 23.6 Å². The molecule has 0 radical (unpaired) electrons. The highest BCUT2D eigenvalue weighted by Crippen LogP contribution is 2.45. The Morgan fingerprint density at radius 3 is 2.62 bits per heavy atom. The number of aliphatic carboxylic acids is 1. The monoisotopic (exact) mass is 638 g/mol. The highest BCUT2D eigenvalue weighted by atomic mass is 19.1. The third kappa shape index (κ3) is 5.12. The van der Waals surface area contributed by atoms with Gasteiger partial charge in [-0.25, -0.2) is 14.2 Å². The third-order valence-electron chi connectivity index (χ3n) is 8.70. The second kappa shape index (κ2) is 11.0. The van der Waals surface area contributed by atoms with Crippen LogP contribution in [0.1, 0.15) is 55.7 Å². The molecule has 0 amide bonds. The van der Waals surface area contributed by atoms with E-state index in [9.17, 15) is 9.90 Å². The molecular formula is C35H35FN6O5. The van der Waals surface area contributed by atoms with Crippen molar-refractivity contribution in [3.63, 3.8) is 0 Å². The fourth-order valence-corrected chi connectivity index (χ4v) is 6.52. The number of rotatable bonds is 6. The number of ether oxygens (including phenoxy) is 2. The van der Waals surface area contributed by atoms with Crippen LogP contribution in [0.2, 0.25) is 0 Å². The summed E-state index contributed by atoms with van der Waals surface area (Å²) in [4.78, 5) is 17.7. The predicted molar refractivity (Wildman–Crippen MR) is 174 cm³/mol. The molecular weight excluding hydrogens is 603 g/mol. The second-order valence-electron chi connectivity index (χ2n) is 13.0. The van der Waals surface area contributed by atoms with Crippen molar-refractivity contribution >= 4 is 27.9 Å². The highest BCUT2D eigenvalue weighted by molar-refractivity contribution is 6.01. The van der Waals surface area contributed by atoms with Gasteiger partial charge in [0, 0.05) is 52.8 Å². The van der Waals surface area contributed by atoms with Gasteiger partial charge in [0.1, 0.15) is 11.3 Å². The first kappa shape index (κ1) is 30.5. The number of fused-ring (bicyclic) bond motifs is 3. The predicted octanol–water partition coefficient (Wildman–Crippen LogP) is 6.87. The molecule has 0 bridgehead atoms. The smallest absolute Gasteiger partial charge is 0.337 e. The number of benzene rings is 2. The summed E-state index contributed by atoms with van der Waals surface area (Å²) in [7, 11) is 3.71. The Kier molecular flexibility index (Phi) is 7.16. The summed E-state index contributed by atoms with van der Waals surface area (Å²) in [5, 5.41) is 25.0. The van der Waals surface area contributed by atoms with Crippen molar-refractivity contribution in [2.75, 3.05) is 6.61 Å². The van der Waals surface area contributed by atoms with Crippen molar-refractivity contribution < 1.29 is 28.2 Å². The Labute approximate surface area is 270 Å². The zero-order chi connectivity index (χ0) is 33.4. The van der Waals surface area contributed by atoms with Crippen molar-refractivity contribution in [3.05, 3.63) is 64.7 Å². The first-order valence-electron chi connectivity index (χ1n) is 15.4. The summed E-state index contributed by atoms with van der Waals surface area (Å²) in [5.41, 5.74) is 5.48. The van der Waals surface area contributed by atoms with Crippen molar-refractivity contribution in [3.8, 4) is 39.9 Å². The fraction of sp³-hybridized carbons (Fsp3) is 0.343. The highest BCUT2D eigenvalue weighted by Gasteiger charge is 2.35. The average Bonchev–Trinajstić information content (AvgIpc) is 3.74. The molecule has 2 aromatic carbocycles. The second-order valence-corrected chi connectivity index (χ2v) is 13.0. The lowest BCUT2D eigenvalue weighted by Crippen LogP contribution is -2.28. The maximum absolute atomic E-state index is 15.7. The standard InChI is InChI=1S/C35H35FN6O5/c1-17-21-9-8-12-45-29(21)24(36)14-22(17)28-23-15-26(33-40-39-32(46-33)19-10-11-25-20(13-19)16-37-42(25)7)41(6)31(23)38-18(2)27(28)30(34(43)44)47-35(3,4)5/h10-11,13-16,30H,8-9,12H2,1-7H3,(H,43,44). The number of nitrogens with zero attached hydrogens (tertiary/aromatic N) is 6. The van der Waals surface area contributed by atoms with Crippen LogP contribution in [-0.2, 0) is 30.0 Å². The number of pyridine rings is 1. The maximum atomic E-state index is 15.7. The summed E-state index contributed by atoms with van der Waals surface area (Å²) < 4.78 is 37.4. The Morgan fingerprint density at radius 1 is 1.11 bits per heavy atom. The normalized spacial score (nSPS) is 14.0. The van der Waals surface area contributed by atoms with Gasteiger partial charge in [-0.05, 0) is 88.9 Å². The molecule has 0 saturated carbocycles. The maximum Gasteiger partial charge on any atom is 0.337 e. The molecule has 1 atom stereocenters. The number of carbonyl (C=O) groups is 1. The van der Waals surface area contributed by atoms with E-state index in [0.717, 1.165) is 34.0 Å². The van der Waals surface area contributed by atoms with Gasteiger partial charge in [-0.1, -0.05) is 0 Å². The molecule has 47 heavy (non-hydrogen) atoms. The van der Waals surface area contributed by atoms with Crippen LogP contribution >= 0.6 is 0 Å².